The van der Waals surface area contributed by atoms with Crippen LogP contribution in [0.3, 0.4) is 0 Å². The molecule has 0 spiro atoms. The van der Waals surface area contributed by atoms with Gasteiger partial charge in [-0.1, -0.05) is 6.92 Å². The Morgan fingerprint density at radius 3 is 2.59 bits per heavy atom. The van der Waals surface area contributed by atoms with Crippen LogP contribution in [-0.2, 0) is 6.18 Å². The minimum Gasteiger partial charge on any atom is -0.362 e. The van der Waals surface area contributed by atoms with Crippen LogP contribution in [0.4, 0.5) is 18.9 Å². The number of nitrogens with zero attached hydrogens (tertiary/aromatic N) is 1. The molecule has 17 heavy (non-hydrogen) atoms. The molecule has 0 aliphatic heterocycles. The summed E-state index contributed by atoms with van der Waals surface area (Å²) in [5.41, 5.74) is -0.498. The Balaban J connectivity index is 2.60. The van der Waals surface area contributed by atoms with Crippen molar-refractivity contribution in [2.75, 3.05) is 11.9 Å². The van der Waals surface area contributed by atoms with Crippen LogP contribution in [0.15, 0.2) is 18.3 Å². The summed E-state index contributed by atoms with van der Waals surface area (Å²) in [5, 5.41) is 6.01. The van der Waals surface area contributed by atoms with Gasteiger partial charge < -0.3 is 10.6 Å². The second kappa shape index (κ2) is 5.81. The van der Waals surface area contributed by atoms with Crippen molar-refractivity contribution in [2.45, 2.75) is 19.5 Å². The van der Waals surface area contributed by atoms with Gasteiger partial charge in [0.25, 0.3) is 0 Å². The van der Waals surface area contributed by atoms with Gasteiger partial charge >= 0.3 is 6.18 Å². The molecule has 0 bridgehead atoms. The predicted molar refractivity (Wildman–Crippen MR) is 63.8 cm³/mol. The van der Waals surface area contributed by atoms with E-state index in [1.54, 1.807) is 0 Å². The molecule has 0 amide bonds. The molecule has 3 nitrogen and oxygen atoms in total. The molecule has 0 saturated heterocycles. The van der Waals surface area contributed by atoms with Gasteiger partial charge in [-0.15, -0.1) is 0 Å². The molecule has 2 N–H and O–H groups in total. The van der Waals surface area contributed by atoms with E-state index in [0.717, 1.165) is 18.7 Å². The predicted octanol–water partition coefficient (Wildman–Crippen LogP) is 2.80. The molecule has 1 rings (SSSR count). The van der Waals surface area contributed by atoms with Gasteiger partial charge in [0.15, 0.2) is 5.11 Å². The number of alkyl halides is 3. The largest absolute Gasteiger partial charge is 0.433 e. The maximum Gasteiger partial charge on any atom is 0.433 e. The summed E-state index contributed by atoms with van der Waals surface area (Å²) in [6, 6.07) is 2.19. The molecule has 0 aliphatic rings. The van der Waals surface area contributed by atoms with Crippen LogP contribution in [0.1, 0.15) is 19.0 Å². The Bertz CT molecular complexity index is 375. The van der Waals surface area contributed by atoms with Crippen molar-refractivity contribution in [3.05, 3.63) is 24.0 Å². The Kier molecular flexibility index (Phi) is 4.68. The number of pyridine rings is 1. The minimum atomic E-state index is -4.42. The topological polar surface area (TPSA) is 37.0 Å². The molecule has 7 heteroatoms. The summed E-state index contributed by atoms with van der Waals surface area (Å²) in [5.74, 6) is 0. The Morgan fingerprint density at radius 1 is 1.41 bits per heavy atom. The van der Waals surface area contributed by atoms with Gasteiger partial charge in [0.05, 0.1) is 11.9 Å². The lowest BCUT2D eigenvalue weighted by molar-refractivity contribution is -0.141. The highest BCUT2D eigenvalue weighted by molar-refractivity contribution is 7.80. The van der Waals surface area contributed by atoms with Crippen LogP contribution in [0, 0.1) is 0 Å². The first kappa shape index (κ1) is 13.7. The van der Waals surface area contributed by atoms with Gasteiger partial charge in [-0.25, -0.2) is 4.98 Å². The van der Waals surface area contributed by atoms with Crippen LogP contribution in [0.2, 0.25) is 0 Å². The van der Waals surface area contributed by atoms with Crippen LogP contribution < -0.4 is 10.6 Å². The van der Waals surface area contributed by atoms with Gasteiger partial charge in [0, 0.05) is 6.54 Å². The number of hydrogen-bond acceptors (Lipinski definition) is 2. The highest BCUT2D eigenvalue weighted by Gasteiger charge is 2.31. The number of anilines is 1. The standard InChI is InChI=1S/C10H12F3N3S/c1-2-5-14-9(17)16-7-3-4-8(15-6-7)10(11,12)13/h3-4,6H,2,5H2,1H3,(H2,14,16,17). The molecule has 0 radical (unpaired) electrons. The second-order valence-corrected chi connectivity index (χ2v) is 3.72. The number of hydrogen-bond donors (Lipinski definition) is 2. The first-order valence-corrected chi connectivity index (χ1v) is 5.42. The summed E-state index contributed by atoms with van der Waals surface area (Å²) < 4.78 is 36.7. The van der Waals surface area contributed by atoms with E-state index in [-0.39, 0.29) is 0 Å². The lowest BCUT2D eigenvalue weighted by Crippen LogP contribution is -2.29. The Labute approximate surface area is 102 Å². The zero-order valence-corrected chi connectivity index (χ0v) is 9.95. The van der Waals surface area contributed by atoms with Gasteiger partial charge in [-0.2, -0.15) is 13.2 Å². The van der Waals surface area contributed by atoms with Crippen molar-refractivity contribution in [3.8, 4) is 0 Å². The number of nitrogens with one attached hydrogen (secondary N) is 2. The summed E-state index contributed by atoms with van der Waals surface area (Å²) in [4.78, 5) is 3.31. The Morgan fingerprint density at radius 2 is 2.12 bits per heavy atom. The number of thiocarbonyl (C=S) groups is 1. The van der Waals surface area contributed by atoms with Gasteiger partial charge in [0.1, 0.15) is 5.69 Å². The molecular weight excluding hydrogens is 251 g/mol. The molecule has 0 atom stereocenters. The van der Waals surface area contributed by atoms with Gasteiger partial charge in [0.2, 0.25) is 0 Å². The van der Waals surface area contributed by atoms with Gasteiger partial charge in [-0.05, 0) is 30.8 Å². The van der Waals surface area contributed by atoms with E-state index in [0.29, 0.717) is 17.3 Å². The number of rotatable bonds is 3. The van der Waals surface area contributed by atoms with Crippen LogP contribution in [-0.4, -0.2) is 16.6 Å². The van der Waals surface area contributed by atoms with Gasteiger partial charge in [-0.3, -0.25) is 0 Å². The monoisotopic (exact) mass is 263 g/mol. The SMILES string of the molecule is CCCNC(=S)Nc1ccc(C(F)(F)F)nc1. The normalized spacial score (nSPS) is 11.1. The van der Waals surface area contributed by atoms with E-state index in [1.807, 2.05) is 6.92 Å². The van der Waals surface area contributed by atoms with E-state index in [1.165, 1.54) is 6.07 Å². The highest BCUT2D eigenvalue weighted by Crippen LogP contribution is 2.27. The van der Waals surface area contributed by atoms with Crippen LogP contribution in [0.25, 0.3) is 0 Å². The maximum absolute atomic E-state index is 12.2. The molecule has 1 heterocycles. The maximum atomic E-state index is 12.2. The highest BCUT2D eigenvalue weighted by atomic mass is 32.1. The summed E-state index contributed by atoms with van der Waals surface area (Å²) >= 11 is 4.94. The molecule has 0 aromatic carbocycles. The summed E-state index contributed by atoms with van der Waals surface area (Å²) in [6.07, 6.45) is -2.41. The van der Waals surface area contributed by atoms with Crippen molar-refractivity contribution in [1.29, 1.82) is 0 Å². The lowest BCUT2D eigenvalue weighted by atomic mass is 10.3. The van der Waals surface area contributed by atoms with E-state index in [2.05, 4.69) is 15.6 Å². The Hall–Kier alpha value is -1.37. The number of aromatic nitrogens is 1. The molecule has 0 aliphatic carbocycles. The van der Waals surface area contributed by atoms with E-state index in [9.17, 15) is 13.2 Å². The molecule has 0 saturated carbocycles. The molecule has 0 unspecified atom stereocenters. The van der Waals surface area contributed by atoms with E-state index in [4.69, 9.17) is 12.2 Å². The zero-order chi connectivity index (χ0) is 12.9. The fraction of sp³-hybridized carbons (Fsp3) is 0.400. The molecule has 1 aromatic rings. The molecular formula is C10H12F3N3S. The average Bonchev–Trinajstić information content (AvgIpc) is 2.26. The minimum absolute atomic E-state index is 0.369. The quantitative estimate of drug-likeness (QED) is 0.822. The van der Waals surface area contributed by atoms with Crippen molar-refractivity contribution in [3.63, 3.8) is 0 Å². The number of halogens is 3. The van der Waals surface area contributed by atoms with Crippen LogP contribution in [0.5, 0.6) is 0 Å². The summed E-state index contributed by atoms with van der Waals surface area (Å²) in [7, 11) is 0. The zero-order valence-electron chi connectivity index (χ0n) is 9.14. The smallest absolute Gasteiger partial charge is 0.362 e. The molecule has 94 valence electrons. The van der Waals surface area contributed by atoms with Crippen LogP contribution >= 0.6 is 12.2 Å². The van der Waals surface area contributed by atoms with E-state index < -0.39 is 11.9 Å². The third kappa shape index (κ3) is 4.56. The first-order valence-electron chi connectivity index (χ1n) is 5.01. The first-order chi connectivity index (χ1) is 7.93. The third-order valence-corrected chi connectivity index (χ3v) is 2.09. The summed E-state index contributed by atoms with van der Waals surface area (Å²) in [6.45, 7) is 2.69. The fourth-order valence-electron chi connectivity index (χ4n) is 1.05. The van der Waals surface area contributed by atoms with Crippen molar-refractivity contribution < 1.29 is 13.2 Å². The lowest BCUT2D eigenvalue weighted by Gasteiger charge is -2.10. The fourth-order valence-corrected chi connectivity index (χ4v) is 1.27. The average molecular weight is 263 g/mol. The molecule has 1 aromatic heterocycles. The molecule has 0 fully saturated rings. The van der Waals surface area contributed by atoms with Crippen molar-refractivity contribution in [2.24, 2.45) is 0 Å². The van der Waals surface area contributed by atoms with E-state index >= 15 is 0 Å². The van der Waals surface area contributed by atoms with Crippen molar-refractivity contribution in [1.82, 2.24) is 10.3 Å². The second-order valence-electron chi connectivity index (χ2n) is 3.31. The third-order valence-electron chi connectivity index (χ3n) is 1.85. The van der Waals surface area contributed by atoms with Crippen molar-refractivity contribution >= 4 is 23.0 Å².